The van der Waals surface area contributed by atoms with Gasteiger partial charge in [-0.15, -0.1) is 5.10 Å². The van der Waals surface area contributed by atoms with Crippen LogP contribution in [0.25, 0.3) is 10.8 Å². The normalized spacial score (nSPS) is 19.2. The van der Waals surface area contributed by atoms with Gasteiger partial charge in [-0.3, -0.25) is 4.79 Å². The van der Waals surface area contributed by atoms with Crippen molar-refractivity contribution in [3.63, 3.8) is 0 Å². The smallest absolute Gasteiger partial charge is 0.227 e. The average molecular weight is 499 g/mol. The molecule has 5 rings (SSSR count). The van der Waals surface area contributed by atoms with E-state index in [0.29, 0.717) is 24.5 Å². The first-order valence-electron chi connectivity index (χ1n) is 13.0. The van der Waals surface area contributed by atoms with E-state index in [1.165, 1.54) is 0 Å². The highest BCUT2D eigenvalue weighted by Crippen LogP contribution is 2.30. The largest absolute Gasteiger partial charge is 0.362 e. The molecule has 1 aromatic carbocycles. The summed E-state index contributed by atoms with van der Waals surface area (Å²) in [5.41, 5.74) is 3.52. The van der Waals surface area contributed by atoms with Crippen LogP contribution in [0.5, 0.6) is 0 Å². The number of aromatic nitrogens is 3. The highest BCUT2D eigenvalue weighted by atomic mass is 16.2. The number of fused-ring (bicyclic) bond motifs is 1. The summed E-state index contributed by atoms with van der Waals surface area (Å²) in [4.78, 5) is 24.2. The zero-order valence-corrected chi connectivity index (χ0v) is 22.0. The molecule has 0 aliphatic carbocycles. The molecule has 9 heteroatoms. The third-order valence-electron chi connectivity index (χ3n) is 7.81. The summed E-state index contributed by atoms with van der Waals surface area (Å²) < 4.78 is 0. The number of aryl methyl sites for hydroxylation is 1. The fraction of sp³-hybridized carbons (Fsp3) is 0.464. The molecule has 0 unspecified atom stereocenters. The van der Waals surface area contributed by atoms with Crippen LogP contribution in [-0.4, -0.2) is 77.2 Å². The minimum absolute atomic E-state index is 0.0608. The minimum atomic E-state index is -0.0608. The molecule has 2 saturated heterocycles. The molecule has 1 amide bonds. The van der Waals surface area contributed by atoms with E-state index in [4.69, 9.17) is 4.98 Å². The predicted molar refractivity (Wildman–Crippen MR) is 144 cm³/mol. The van der Waals surface area contributed by atoms with E-state index in [2.05, 4.69) is 51.4 Å². The Morgan fingerprint density at radius 2 is 1.92 bits per heavy atom. The van der Waals surface area contributed by atoms with Gasteiger partial charge in [0.2, 0.25) is 5.91 Å². The average Bonchev–Trinajstić information content (AvgIpc) is 3.36. The van der Waals surface area contributed by atoms with Gasteiger partial charge in [-0.25, -0.2) is 4.98 Å². The summed E-state index contributed by atoms with van der Waals surface area (Å²) in [6.07, 6.45) is 2.83. The zero-order chi connectivity index (χ0) is 26.1. The Balaban J connectivity index is 1.35. The molecule has 0 saturated carbocycles. The maximum atomic E-state index is 13.0. The molecule has 37 heavy (non-hydrogen) atoms. The molecule has 2 aliphatic rings. The van der Waals surface area contributed by atoms with Gasteiger partial charge in [-0.1, -0.05) is 12.1 Å². The second-order valence-corrected chi connectivity index (χ2v) is 10.3. The van der Waals surface area contributed by atoms with Crippen LogP contribution in [0.4, 0.5) is 11.6 Å². The number of nitriles is 1. The molecule has 2 aliphatic heterocycles. The summed E-state index contributed by atoms with van der Waals surface area (Å²) in [6.45, 7) is 10.8. The first-order valence-corrected chi connectivity index (χ1v) is 13.0. The number of benzene rings is 1. The van der Waals surface area contributed by atoms with Crippen LogP contribution in [0, 0.1) is 31.1 Å². The van der Waals surface area contributed by atoms with E-state index in [-0.39, 0.29) is 17.9 Å². The number of carbonyl (C=O) groups excluding carboxylic acids is 1. The van der Waals surface area contributed by atoms with Crippen LogP contribution in [0.1, 0.15) is 41.8 Å². The van der Waals surface area contributed by atoms with Crippen molar-refractivity contribution >= 4 is 28.3 Å². The highest BCUT2D eigenvalue weighted by Gasteiger charge is 2.31. The summed E-state index contributed by atoms with van der Waals surface area (Å²) in [6, 6.07) is 10.1. The van der Waals surface area contributed by atoms with E-state index in [1.54, 1.807) is 0 Å². The minimum Gasteiger partial charge on any atom is -0.362 e. The lowest BCUT2D eigenvalue weighted by Gasteiger charge is -2.36. The molecular weight excluding hydrogens is 464 g/mol. The number of piperazine rings is 1. The van der Waals surface area contributed by atoms with Gasteiger partial charge in [0.05, 0.1) is 29.3 Å². The van der Waals surface area contributed by atoms with Gasteiger partial charge in [0.15, 0.2) is 5.82 Å². The second kappa shape index (κ2) is 10.3. The zero-order valence-electron chi connectivity index (χ0n) is 22.0. The van der Waals surface area contributed by atoms with E-state index in [1.807, 2.05) is 43.1 Å². The molecule has 2 atom stereocenters. The number of rotatable bonds is 5. The number of likely N-dealkylation sites (tertiary alicyclic amines) is 1. The Hall–Kier alpha value is -3.77. The molecule has 3 aromatic rings. The quantitative estimate of drug-likeness (QED) is 0.572. The third-order valence-corrected chi connectivity index (χ3v) is 7.81. The van der Waals surface area contributed by atoms with Crippen molar-refractivity contribution in [1.82, 2.24) is 25.0 Å². The number of nitrogens with one attached hydrogen (secondary N) is 1. The van der Waals surface area contributed by atoms with Crippen molar-refractivity contribution in [2.75, 3.05) is 56.5 Å². The molecule has 1 N–H and O–H groups in total. The molecule has 9 nitrogen and oxygen atoms in total. The second-order valence-electron chi connectivity index (χ2n) is 10.3. The first-order chi connectivity index (χ1) is 17.9. The predicted octanol–water partition coefficient (Wildman–Crippen LogP) is 3.29. The van der Waals surface area contributed by atoms with E-state index >= 15 is 0 Å². The van der Waals surface area contributed by atoms with Crippen molar-refractivity contribution in [2.24, 2.45) is 5.92 Å². The molecule has 4 heterocycles. The van der Waals surface area contributed by atoms with Crippen molar-refractivity contribution in [1.29, 1.82) is 5.26 Å². The van der Waals surface area contributed by atoms with Gasteiger partial charge < -0.3 is 20.0 Å². The van der Waals surface area contributed by atoms with Crippen molar-refractivity contribution in [3.05, 3.63) is 52.8 Å². The van der Waals surface area contributed by atoms with Crippen molar-refractivity contribution < 1.29 is 4.79 Å². The molecule has 0 radical (unpaired) electrons. The van der Waals surface area contributed by atoms with Crippen LogP contribution in [0.3, 0.4) is 0 Å². The summed E-state index contributed by atoms with van der Waals surface area (Å²) in [7, 11) is 2.08. The summed E-state index contributed by atoms with van der Waals surface area (Å²) in [5.74, 6) is 1.99. The topological polar surface area (TPSA) is 101 Å². The standard InChI is InChI=1S/C28H34N8O/c1-18-21(15-29)6-5-7-23(18)19(2)31-27-24-14-26(30-16-25(24)20(3)32-33-27)35-10-12-36(13-11-35)28(37)22-8-9-34(4)17-22/h5-7,14,16,19,22H,8-13,17H2,1-4H3,(H,31,33)/t19-,22+/m1/s1. The number of nitrogens with zero attached hydrogens (tertiary/aromatic N) is 7. The highest BCUT2D eigenvalue weighted by molar-refractivity contribution is 5.94. The SMILES string of the molecule is Cc1c(C#N)cccc1[C@@H](C)Nc1nnc(C)c2cnc(N3CCN(C(=O)[C@H]4CCN(C)C4)CC3)cc12. The fourth-order valence-electron chi connectivity index (χ4n) is 5.52. The number of anilines is 2. The number of carbonyl (C=O) groups is 1. The van der Waals surface area contributed by atoms with Crippen LogP contribution in [0.2, 0.25) is 0 Å². The van der Waals surface area contributed by atoms with Crippen LogP contribution >= 0.6 is 0 Å². The van der Waals surface area contributed by atoms with Crippen molar-refractivity contribution in [2.45, 2.75) is 33.2 Å². The van der Waals surface area contributed by atoms with Crippen LogP contribution in [0.15, 0.2) is 30.5 Å². The van der Waals surface area contributed by atoms with Crippen LogP contribution in [-0.2, 0) is 4.79 Å². The molecule has 192 valence electrons. The Morgan fingerprint density at radius 3 is 2.62 bits per heavy atom. The Kier molecular flexibility index (Phi) is 6.94. The number of hydrogen-bond acceptors (Lipinski definition) is 8. The Morgan fingerprint density at radius 1 is 1.14 bits per heavy atom. The number of pyridine rings is 1. The van der Waals surface area contributed by atoms with Gasteiger partial charge in [0, 0.05) is 49.7 Å². The van der Waals surface area contributed by atoms with Crippen molar-refractivity contribution in [3.8, 4) is 6.07 Å². The molecular formula is C28H34N8O. The van der Waals surface area contributed by atoms with Gasteiger partial charge >= 0.3 is 0 Å². The number of hydrogen-bond donors (Lipinski definition) is 1. The maximum Gasteiger partial charge on any atom is 0.227 e. The lowest BCUT2D eigenvalue weighted by molar-refractivity contribution is -0.135. The van der Waals surface area contributed by atoms with Gasteiger partial charge in [-0.2, -0.15) is 10.4 Å². The summed E-state index contributed by atoms with van der Waals surface area (Å²) in [5, 5.41) is 23.7. The molecule has 2 aromatic heterocycles. The van der Waals surface area contributed by atoms with Gasteiger partial charge in [0.25, 0.3) is 0 Å². The van der Waals surface area contributed by atoms with E-state index < -0.39 is 0 Å². The maximum absolute atomic E-state index is 13.0. The fourth-order valence-corrected chi connectivity index (χ4v) is 5.52. The Labute approximate surface area is 218 Å². The summed E-state index contributed by atoms with van der Waals surface area (Å²) >= 11 is 0. The molecule has 2 fully saturated rings. The first kappa shape index (κ1) is 24.9. The molecule has 0 bridgehead atoms. The number of amides is 1. The monoisotopic (exact) mass is 498 g/mol. The molecule has 0 spiro atoms. The van der Waals surface area contributed by atoms with Crippen LogP contribution < -0.4 is 10.2 Å². The van der Waals surface area contributed by atoms with Gasteiger partial charge in [-0.05, 0) is 64.0 Å². The lowest BCUT2D eigenvalue weighted by Crippen LogP contribution is -2.50. The Bertz CT molecular complexity index is 1360. The van der Waals surface area contributed by atoms with E-state index in [9.17, 15) is 10.1 Å². The lowest BCUT2D eigenvalue weighted by atomic mass is 9.98. The third kappa shape index (κ3) is 4.94. The van der Waals surface area contributed by atoms with Gasteiger partial charge in [0.1, 0.15) is 5.82 Å². The van der Waals surface area contributed by atoms with E-state index in [0.717, 1.165) is 66.0 Å².